The fraction of sp³-hybridized carbons (Fsp3) is 0.364. The average molecular weight is 289 g/mol. The highest BCUT2D eigenvalue weighted by molar-refractivity contribution is 9.10. The standard InChI is InChI=1S/C11H13BrO4/c1-16-8-5-7(3-2-4-10(13)14)11(15)9(12)6-8/h5-6,15H,2-4H2,1H3,(H,13,14). The molecule has 0 aliphatic carbocycles. The molecule has 1 aromatic rings. The van der Waals surface area contributed by atoms with E-state index < -0.39 is 5.97 Å². The van der Waals surface area contributed by atoms with Gasteiger partial charge in [0.25, 0.3) is 0 Å². The van der Waals surface area contributed by atoms with Crippen molar-refractivity contribution >= 4 is 21.9 Å². The van der Waals surface area contributed by atoms with Gasteiger partial charge < -0.3 is 14.9 Å². The number of methoxy groups -OCH3 is 1. The summed E-state index contributed by atoms with van der Waals surface area (Å²) in [6, 6.07) is 3.37. The van der Waals surface area contributed by atoms with Gasteiger partial charge >= 0.3 is 5.97 Å². The number of aryl methyl sites for hydroxylation is 1. The molecule has 16 heavy (non-hydrogen) atoms. The van der Waals surface area contributed by atoms with E-state index in [0.717, 1.165) is 0 Å². The van der Waals surface area contributed by atoms with E-state index in [2.05, 4.69) is 15.9 Å². The Labute approximate surface area is 102 Å². The molecule has 0 heterocycles. The van der Waals surface area contributed by atoms with Crippen molar-refractivity contribution in [3.8, 4) is 11.5 Å². The van der Waals surface area contributed by atoms with E-state index in [-0.39, 0.29) is 12.2 Å². The summed E-state index contributed by atoms with van der Waals surface area (Å²) >= 11 is 3.21. The highest BCUT2D eigenvalue weighted by Gasteiger charge is 2.09. The molecule has 0 bridgehead atoms. The van der Waals surface area contributed by atoms with Crippen LogP contribution in [0.1, 0.15) is 18.4 Å². The number of hydrogen-bond donors (Lipinski definition) is 2. The SMILES string of the molecule is COc1cc(Br)c(O)c(CCCC(=O)O)c1. The van der Waals surface area contributed by atoms with E-state index in [4.69, 9.17) is 9.84 Å². The Morgan fingerprint density at radius 2 is 2.19 bits per heavy atom. The number of ether oxygens (including phenoxy) is 1. The van der Waals surface area contributed by atoms with E-state index in [1.807, 2.05) is 0 Å². The molecule has 1 rings (SSSR count). The molecular weight excluding hydrogens is 276 g/mol. The zero-order valence-corrected chi connectivity index (χ0v) is 10.5. The molecule has 0 saturated heterocycles. The van der Waals surface area contributed by atoms with Gasteiger partial charge in [-0.1, -0.05) is 0 Å². The third-order valence-electron chi connectivity index (χ3n) is 2.19. The van der Waals surface area contributed by atoms with Crippen LogP contribution < -0.4 is 4.74 Å². The summed E-state index contributed by atoms with van der Waals surface area (Å²) in [5, 5.41) is 18.3. The molecule has 0 fully saturated rings. The van der Waals surface area contributed by atoms with E-state index in [9.17, 15) is 9.90 Å². The minimum atomic E-state index is -0.832. The van der Waals surface area contributed by atoms with Crippen LogP contribution >= 0.6 is 15.9 Å². The number of aliphatic carboxylic acids is 1. The first kappa shape index (κ1) is 12.8. The van der Waals surface area contributed by atoms with Gasteiger partial charge in [0, 0.05) is 6.42 Å². The molecular formula is C11H13BrO4. The van der Waals surface area contributed by atoms with Crippen LogP contribution in [-0.4, -0.2) is 23.3 Å². The highest BCUT2D eigenvalue weighted by Crippen LogP contribution is 2.33. The van der Waals surface area contributed by atoms with Crippen molar-refractivity contribution in [2.24, 2.45) is 0 Å². The molecule has 0 saturated carbocycles. The number of carboxylic acids is 1. The summed E-state index contributed by atoms with van der Waals surface area (Å²) in [5.41, 5.74) is 0.687. The van der Waals surface area contributed by atoms with Crippen molar-refractivity contribution in [2.75, 3.05) is 7.11 Å². The maximum atomic E-state index is 10.4. The number of rotatable bonds is 5. The number of halogens is 1. The molecule has 4 nitrogen and oxygen atoms in total. The molecule has 0 aliphatic rings. The van der Waals surface area contributed by atoms with Gasteiger partial charge in [-0.05, 0) is 46.5 Å². The summed E-state index contributed by atoms with van der Waals surface area (Å²) < 4.78 is 5.61. The van der Waals surface area contributed by atoms with Crippen molar-refractivity contribution in [3.05, 3.63) is 22.2 Å². The lowest BCUT2D eigenvalue weighted by molar-refractivity contribution is -0.137. The Morgan fingerprint density at radius 1 is 1.50 bits per heavy atom. The Hall–Kier alpha value is -1.23. The first-order chi connectivity index (χ1) is 7.54. The lowest BCUT2D eigenvalue weighted by atomic mass is 10.1. The lowest BCUT2D eigenvalue weighted by Crippen LogP contribution is -1.97. The van der Waals surface area contributed by atoms with Gasteiger partial charge in [-0.25, -0.2) is 0 Å². The summed E-state index contributed by atoms with van der Waals surface area (Å²) in [7, 11) is 1.54. The molecule has 0 aliphatic heterocycles. The van der Waals surface area contributed by atoms with Crippen molar-refractivity contribution in [3.63, 3.8) is 0 Å². The van der Waals surface area contributed by atoms with Gasteiger partial charge in [-0.3, -0.25) is 4.79 Å². The van der Waals surface area contributed by atoms with Gasteiger partial charge in [-0.15, -0.1) is 0 Å². The minimum absolute atomic E-state index is 0.0915. The smallest absolute Gasteiger partial charge is 0.303 e. The number of phenols is 1. The van der Waals surface area contributed by atoms with Gasteiger partial charge in [0.05, 0.1) is 11.6 Å². The Balaban J connectivity index is 2.78. The topological polar surface area (TPSA) is 66.8 Å². The molecule has 5 heteroatoms. The molecule has 0 unspecified atom stereocenters. The Kier molecular flexibility index (Phi) is 4.61. The Morgan fingerprint density at radius 3 is 2.75 bits per heavy atom. The quantitative estimate of drug-likeness (QED) is 0.874. The average Bonchev–Trinajstić information content (AvgIpc) is 2.23. The maximum Gasteiger partial charge on any atom is 0.303 e. The van der Waals surface area contributed by atoms with E-state index in [1.165, 1.54) is 0 Å². The van der Waals surface area contributed by atoms with Crippen LogP contribution in [0.5, 0.6) is 11.5 Å². The summed E-state index contributed by atoms with van der Waals surface area (Å²) in [4.78, 5) is 10.4. The number of carboxylic acid groups (broad SMARTS) is 1. The van der Waals surface area contributed by atoms with Crippen LogP contribution in [0.4, 0.5) is 0 Å². The lowest BCUT2D eigenvalue weighted by Gasteiger charge is -2.08. The minimum Gasteiger partial charge on any atom is -0.506 e. The Bertz CT molecular complexity index is 390. The monoisotopic (exact) mass is 288 g/mol. The zero-order valence-electron chi connectivity index (χ0n) is 8.86. The first-order valence-electron chi connectivity index (χ1n) is 4.81. The summed E-state index contributed by atoms with van der Waals surface area (Å²) in [6.45, 7) is 0. The van der Waals surface area contributed by atoms with Crippen molar-refractivity contribution < 1.29 is 19.7 Å². The number of benzene rings is 1. The number of phenolic OH excluding ortho intramolecular Hbond substituents is 1. The predicted octanol–water partition coefficient (Wildman–Crippen LogP) is 2.57. The summed E-state index contributed by atoms with van der Waals surface area (Å²) in [6.07, 6.45) is 1.09. The van der Waals surface area contributed by atoms with E-state index in [0.29, 0.717) is 28.6 Å². The molecule has 0 spiro atoms. The van der Waals surface area contributed by atoms with Crippen LogP contribution in [0.15, 0.2) is 16.6 Å². The van der Waals surface area contributed by atoms with Crippen LogP contribution in [0, 0.1) is 0 Å². The molecule has 0 atom stereocenters. The second-order valence-electron chi connectivity index (χ2n) is 3.36. The number of aromatic hydroxyl groups is 1. The van der Waals surface area contributed by atoms with Gasteiger partial charge in [0.15, 0.2) is 0 Å². The summed E-state index contributed by atoms with van der Waals surface area (Å²) in [5.74, 6) is -0.0531. The molecule has 0 radical (unpaired) electrons. The van der Waals surface area contributed by atoms with Crippen LogP contribution in [0.2, 0.25) is 0 Å². The second kappa shape index (κ2) is 5.75. The molecule has 88 valence electrons. The zero-order chi connectivity index (χ0) is 12.1. The predicted molar refractivity (Wildman–Crippen MR) is 62.9 cm³/mol. The van der Waals surface area contributed by atoms with E-state index >= 15 is 0 Å². The normalized spacial score (nSPS) is 10.1. The van der Waals surface area contributed by atoms with Crippen LogP contribution in [0.3, 0.4) is 0 Å². The van der Waals surface area contributed by atoms with Crippen molar-refractivity contribution in [1.82, 2.24) is 0 Å². The highest BCUT2D eigenvalue weighted by atomic mass is 79.9. The fourth-order valence-corrected chi connectivity index (χ4v) is 1.85. The van der Waals surface area contributed by atoms with Gasteiger partial charge in [-0.2, -0.15) is 0 Å². The van der Waals surface area contributed by atoms with Crippen molar-refractivity contribution in [1.29, 1.82) is 0 Å². The van der Waals surface area contributed by atoms with Crippen molar-refractivity contribution in [2.45, 2.75) is 19.3 Å². The molecule has 0 amide bonds. The molecule has 1 aromatic carbocycles. The second-order valence-corrected chi connectivity index (χ2v) is 4.22. The molecule has 0 aromatic heterocycles. The van der Waals surface area contributed by atoms with Gasteiger partial charge in [0.1, 0.15) is 11.5 Å². The van der Waals surface area contributed by atoms with E-state index in [1.54, 1.807) is 19.2 Å². The third-order valence-corrected chi connectivity index (χ3v) is 2.79. The first-order valence-corrected chi connectivity index (χ1v) is 5.61. The number of carbonyl (C=O) groups is 1. The molecule has 2 N–H and O–H groups in total. The van der Waals surface area contributed by atoms with Crippen LogP contribution in [0.25, 0.3) is 0 Å². The third kappa shape index (κ3) is 3.41. The fourth-order valence-electron chi connectivity index (χ4n) is 1.37. The van der Waals surface area contributed by atoms with Crippen LogP contribution in [-0.2, 0) is 11.2 Å². The maximum absolute atomic E-state index is 10.4. The van der Waals surface area contributed by atoms with Gasteiger partial charge in [0.2, 0.25) is 0 Å². The largest absolute Gasteiger partial charge is 0.506 e. The number of hydrogen-bond acceptors (Lipinski definition) is 3.